The zero-order valence-corrected chi connectivity index (χ0v) is 15.1. The molecule has 140 valence electrons. The molecule has 3 aromatic rings. The molecule has 1 aromatic heterocycles. The highest BCUT2D eigenvalue weighted by atomic mass is 19.1. The average molecular weight is 369 g/mol. The van der Waals surface area contributed by atoms with Gasteiger partial charge in [0.1, 0.15) is 17.3 Å². The molecule has 7 nitrogen and oxygen atoms in total. The molecule has 2 aromatic carbocycles. The van der Waals surface area contributed by atoms with Gasteiger partial charge in [-0.1, -0.05) is 12.1 Å². The molecule has 0 bridgehead atoms. The molecule has 0 amide bonds. The van der Waals surface area contributed by atoms with Gasteiger partial charge in [-0.15, -0.1) is 5.10 Å². The summed E-state index contributed by atoms with van der Waals surface area (Å²) in [6, 6.07) is 11.8. The summed E-state index contributed by atoms with van der Waals surface area (Å²) in [5.41, 5.74) is 1.75. The third-order valence-corrected chi connectivity index (χ3v) is 3.84. The number of methoxy groups -OCH3 is 2. The molecule has 0 spiro atoms. The fourth-order valence-electron chi connectivity index (χ4n) is 2.45. The molecule has 27 heavy (non-hydrogen) atoms. The second kappa shape index (κ2) is 8.79. The molecule has 0 aliphatic carbocycles. The van der Waals surface area contributed by atoms with E-state index in [0.29, 0.717) is 36.2 Å². The lowest BCUT2D eigenvalue weighted by atomic mass is 10.1. The number of halogens is 1. The Morgan fingerprint density at radius 1 is 1.04 bits per heavy atom. The van der Waals surface area contributed by atoms with E-state index in [0.717, 1.165) is 11.3 Å². The van der Waals surface area contributed by atoms with Crippen LogP contribution in [-0.2, 0) is 6.42 Å². The standard InChI is InChI=1S/C19H20FN5O2/c1-26-15-7-8-16(17(11-15)27-2)23-18-12-22-25-19(24-18)21-10-9-13-3-5-14(20)6-4-13/h3-8,11-12H,9-10H2,1-2H3,(H2,21,23,24,25). The van der Waals surface area contributed by atoms with Crippen LogP contribution in [0.2, 0.25) is 0 Å². The van der Waals surface area contributed by atoms with Gasteiger partial charge in [0, 0.05) is 12.6 Å². The molecular weight excluding hydrogens is 349 g/mol. The van der Waals surface area contributed by atoms with Crippen molar-refractivity contribution >= 4 is 17.5 Å². The summed E-state index contributed by atoms with van der Waals surface area (Å²) in [6.07, 6.45) is 2.24. The quantitative estimate of drug-likeness (QED) is 0.629. The van der Waals surface area contributed by atoms with Crippen LogP contribution in [0.5, 0.6) is 11.5 Å². The van der Waals surface area contributed by atoms with Gasteiger partial charge in [-0.2, -0.15) is 10.1 Å². The summed E-state index contributed by atoms with van der Waals surface area (Å²) < 4.78 is 23.5. The maximum Gasteiger partial charge on any atom is 0.244 e. The van der Waals surface area contributed by atoms with Crippen LogP contribution in [0.25, 0.3) is 0 Å². The Balaban J connectivity index is 1.62. The first kappa shape index (κ1) is 18.4. The Kier molecular flexibility index (Phi) is 5.98. The maximum atomic E-state index is 12.9. The van der Waals surface area contributed by atoms with Crippen LogP contribution in [0.3, 0.4) is 0 Å². The van der Waals surface area contributed by atoms with Gasteiger partial charge in [-0.05, 0) is 36.2 Å². The van der Waals surface area contributed by atoms with Gasteiger partial charge in [0.2, 0.25) is 5.95 Å². The highest BCUT2D eigenvalue weighted by molar-refractivity contribution is 5.65. The summed E-state index contributed by atoms with van der Waals surface area (Å²) in [4.78, 5) is 4.39. The lowest BCUT2D eigenvalue weighted by Crippen LogP contribution is -2.10. The Morgan fingerprint density at radius 2 is 1.85 bits per heavy atom. The normalized spacial score (nSPS) is 10.3. The van der Waals surface area contributed by atoms with Gasteiger partial charge >= 0.3 is 0 Å². The van der Waals surface area contributed by atoms with E-state index in [1.165, 1.54) is 18.3 Å². The van der Waals surface area contributed by atoms with E-state index in [4.69, 9.17) is 9.47 Å². The summed E-state index contributed by atoms with van der Waals surface area (Å²) in [6.45, 7) is 0.600. The number of benzene rings is 2. The van der Waals surface area contributed by atoms with E-state index in [1.807, 2.05) is 12.1 Å². The van der Waals surface area contributed by atoms with E-state index in [2.05, 4.69) is 25.8 Å². The predicted octanol–water partition coefficient (Wildman–Crippen LogP) is 3.43. The van der Waals surface area contributed by atoms with Gasteiger partial charge in [0.15, 0.2) is 5.82 Å². The van der Waals surface area contributed by atoms with Crippen molar-refractivity contribution < 1.29 is 13.9 Å². The summed E-state index contributed by atoms with van der Waals surface area (Å²) in [5, 5.41) is 14.2. The van der Waals surface area contributed by atoms with Gasteiger partial charge in [-0.25, -0.2) is 4.39 Å². The van der Waals surface area contributed by atoms with Crippen LogP contribution in [0.1, 0.15) is 5.56 Å². The number of ether oxygens (including phenoxy) is 2. The Morgan fingerprint density at radius 3 is 2.59 bits per heavy atom. The van der Waals surface area contributed by atoms with Crippen molar-refractivity contribution in [1.82, 2.24) is 15.2 Å². The second-order valence-corrected chi connectivity index (χ2v) is 5.66. The van der Waals surface area contributed by atoms with Crippen molar-refractivity contribution in [2.75, 3.05) is 31.4 Å². The summed E-state index contributed by atoms with van der Waals surface area (Å²) >= 11 is 0. The lowest BCUT2D eigenvalue weighted by molar-refractivity contribution is 0.395. The third kappa shape index (κ3) is 5.04. The van der Waals surface area contributed by atoms with Crippen molar-refractivity contribution in [3.8, 4) is 11.5 Å². The van der Waals surface area contributed by atoms with Crippen LogP contribution in [0.4, 0.5) is 21.8 Å². The first-order valence-corrected chi connectivity index (χ1v) is 8.35. The number of hydrogen-bond donors (Lipinski definition) is 2. The van der Waals surface area contributed by atoms with Crippen molar-refractivity contribution in [3.05, 3.63) is 60.0 Å². The summed E-state index contributed by atoms with van der Waals surface area (Å²) in [5.74, 6) is 2.00. The SMILES string of the molecule is COc1ccc(Nc2cnnc(NCCc3ccc(F)cc3)n2)c(OC)c1. The Bertz CT molecular complexity index is 890. The van der Waals surface area contributed by atoms with Crippen molar-refractivity contribution in [1.29, 1.82) is 0 Å². The maximum absolute atomic E-state index is 12.9. The van der Waals surface area contributed by atoms with Gasteiger partial charge in [-0.3, -0.25) is 0 Å². The average Bonchev–Trinajstić information content (AvgIpc) is 2.70. The largest absolute Gasteiger partial charge is 0.497 e. The van der Waals surface area contributed by atoms with Crippen molar-refractivity contribution in [3.63, 3.8) is 0 Å². The number of hydrogen-bond acceptors (Lipinski definition) is 7. The van der Waals surface area contributed by atoms with E-state index in [-0.39, 0.29) is 5.82 Å². The molecular formula is C19H20FN5O2. The molecule has 0 saturated carbocycles. The molecule has 3 rings (SSSR count). The summed E-state index contributed by atoms with van der Waals surface area (Å²) in [7, 11) is 3.18. The van der Waals surface area contributed by atoms with E-state index in [1.54, 1.807) is 32.4 Å². The van der Waals surface area contributed by atoms with Gasteiger partial charge in [0.05, 0.1) is 26.1 Å². The fraction of sp³-hybridized carbons (Fsp3) is 0.211. The van der Waals surface area contributed by atoms with Crippen LogP contribution in [0.15, 0.2) is 48.7 Å². The molecule has 0 saturated heterocycles. The topological polar surface area (TPSA) is 81.2 Å². The number of anilines is 3. The molecule has 2 N–H and O–H groups in total. The first-order valence-electron chi connectivity index (χ1n) is 8.35. The third-order valence-electron chi connectivity index (χ3n) is 3.84. The van der Waals surface area contributed by atoms with E-state index in [9.17, 15) is 4.39 Å². The molecule has 0 atom stereocenters. The zero-order chi connectivity index (χ0) is 19.1. The highest BCUT2D eigenvalue weighted by Crippen LogP contribution is 2.30. The zero-order valence-electron chi connectivity index (χ0n) is 15.1. The predicted molar refractivity (Wildman–Crippen MR) is 101 cm³/mol. The minimum Gasteiger partial charge on any atom is -0.497 e. The molecule has 1 heterocycles. The van der Waals surface area contributed by atoms with Crippen LogP contribution in [-0.4, -0.2) is 35.9 Å². The number of nitrogens with zero attached hydrogens (tertiary/aromatic N) is 3. The van der Waals surface area contributed by atoms with Crippen LogP contribution >= 0.6 is 0 Å². The van der Waals surface area contributed by atoms with Crippen molar-refractivity contribution in [2.24, 2.45) is 0 Å². The van der Waals surface area contributed by atoms with Crippen LogP contribution < -0.4 is 20.1 Å². The lowest BCUT2D eigenvalue weighted by Gasteiger charge is -2.12. The number of rotatable bonds is 8. The Labute approximate surface area is 156 Å². The minimum atomic E-state index is -0.244. The molecule has 0 unspecified atom stereocenters. The molecule has 0 aliphatic rings. The highest BCUT2D eigenvalue weighted by Gasteiger charge is 2.07. The monoisotopic (exact) mass is 369 g/mol. The second-order valence-electron chi connectivity index (χ2n) is 5.66. The van der Waals surface area contributed by atoms with Gasteiger partial charge in [0.25, 0.3) is 0 Å². The smallest absolute Gasteiger partial charge is 0.244 e. The number of nitrogens with one attached hydrogen (secondary N) is 2. The Hall–Kier alpha value is -3.42. The van der Waals surface area contributed by atoms with E-state index < -0.39 is 0 Å². The van der Waals surface area contributed by atoms with Crippen molar-refractivity contribution in [2.45, 2.75) is 6.42 Å². The first-order chi connectivity index (χ1) is 13.2. The van der Waals surface area contributed by atoms with E-state index >= 15 is 0 Å². The van der Waals surface area contributed by atoms with Crippen LogP contribution in [0, 0.1) is 5.82 Å². The molecule has 0 radical (unpaired) electrons. The molecule has 8 heteroatoms. The minimum absolute atomic E-state index is 0.244. The van der Waals surface area contributed by atoms with Gasteiger partial charge < -0.3 is 20.1 Å². The number of aromatic nitrogens is 3. The molecule has 0 fully saturated rings. The molecule has 0 aliphatic heterocycles. The fourth-order valence-corrected chi connectivity index (χ4v) is 2.45.